The minimum Gasteiger partial charge on any atom is -0.396 e. The van der Waals surface area contributed by atoms with Gasteiger partial charge < -0.3 is 15.5 Å². The molecular formula is C27H26BrFN6O2. The quantitative estimate of drug-likeness (QED) is 0.382. The van der Waals surface area contributed by atoms with Crippen LogP contribution in [0.2, 0.25) is 0 Å². The molecule has 1 saturated carbocycles. The first-order chi connectivity index (χ1) is 17.9. The van der Waals surface area contributed by atoms with Gasteiger partial charge in [-0.2, -0.15) is 5.10 Å². The summed E-state index contributed by atoms with van der Waals surface area (Å²) in [5.41, 5.74) is 10.9. The number of hydrogen-bond acceptors (Lipinski definition) is 5. The number of anilines is 1. The summed E-state index contributed by atoms with van der Waals surface area (Å²) in [6.07, 6.45) is 6.19. The summed E-state index contributed by atoms with van der Waals surface area (Å²) < 4.78 is 16.4. The molecule has 1 aliphatic carbocycles. The minimum atomic E-state index is -0.768. The lowest BCUT2D eigenvalue weighted by atomic mass is 9.94. The van der Waals surface area contributed by atoms with Crippen molar-refractivity contribution in [3.63, 3.8) is 0 Å². The predicted octanol–water partition coefficient (Wildman–Crippen LogP) is 3.94. The SMILES string of the molecule is C=CC(=O)N1CCc2nn(-c3ccc(C4CC4)cc3)c3c2C(C1)N(C(=O)c1cnc(Br)c(F)c1N)CC3. The zero-order valence-corrected chi connectivity index (χ0v) is 21.7. The Morgan fingerprint density at radius 2 is 1.92 bits per heavy atom. The van der Waals surface area contributed by atoms with Crippen LogP contribution in [0.15, 0.2) is 47.7 Å². The van der Waals surface area contributed by atoms with Gasteiger partial charge in [-0.05, 0) is 58.5 Å². The largest absolute Gasteiger partial charge is 0.396 e. The van der Waals surface area contributed by atoms with Crippen LogP contribution in [0.1, 0.15) is 57.7 Å². The maximum absolute atomic E-state index is 14.5. The van der Waals surface area contributed by atoms with Crippen molar-refractivity contribution in [1.29, 1.82) is 0 Å². The van der Waals surface area contributed by atoms with E-state index in [-0.39, 0.29) is 28.3 Å². The summed E-state index contributed by atoms with van der Waals surface area (Å²) in [6, 6.07) is 8.10. The third-order valence-corrected chi connectivity index (χ3v) is 8.14. The smallest absolute Gasteiger partial charge is 0.258 e. The lowest BCUT2D eigenvalue weighted by Crippen LogP contribution is -2.46. The Morgan fingerprint density at radius 1 is 1.16 bits per heavy atom. The Kier molecular flexibility index (Phi) is 5.86. The van der Waals surface area contributed by atoms with Crippen molar-refractivity contribution in [2.24, 2.45) is 0 Å². The normalized spacial score (nSPS) is 18.8. The van der Waals surface area contributed by atoms with Gasteiger partial charge in [0.25, 0.3) is 5.91 Å². The predicted molar refractivity (Wildman–Crippen MR) is 140 cm³/mol. The van der Waals surface area contributed by atoms with Gasteiger partial charge in [-0.3, -0.25) is 9.59 Å². The van der Waals surface area contributed by atoms with Crippen molar-refractivity contribution in [3.8, 4) is 5.69 Å². The van der Waals surface area contributed by atoms with Gasteiger partial charge in [0, 0.05) is 44.2 Å². The third kappa shape index (κ3) is 4.03. The summed E-state index contributed by atoms with van der Waals surface area (Å²) in [4.78, 5) is 33.6. The molecule has 3 aromatic rings. The number of carbonyl (C=O) groups excluding carboxylic acids is 2. The van der Waals surface area contributed by atoms with E-state index in [1.165, 1.54) is 30.7 Å². The van der Waals surface area contributed by atoms with Crippen molar-refractivity contribution in [2.45, 2.75) is 37.6 Å². The van der Waals surface area contributed by atoms with E-state index in [2.05, 4.69) is 51.8 Å². The molecule has 0 radical (unpaired) electrons. The molecule has 1 atom stereocenters. The average Bonchev–Trinajstić information content (AvgIpc) is 3.72. The molecule has 0 spiro atoms. The molecule has 2 amide bonds. The first-order valence-electron chi connectivity index (χ1n) is 12.4. The fourth-order valence-corrected chi connectivity index (χ4v) is 5.80. The molecule has 4 heterocycles. The van der Waals surface area contributed by atoms with Crippen molar-refractivity contribution in [2.75, 3.05) is 25.4 Å². The molecule has 1 aromatic carbocycles. The number of benzene rings is 1. The number of pyridine rings is 1. The van der Waals surface area contributed by atoms with E-state index < -0.39 is 17.8 Å². The molecule has 2 N–H and O–H groups in total. The molecule has 2 aliphatic heterocycles. The first-order valence-corrected chi connectivity index (χ1v) is 13.2. The van der Waals surface area contributed by atoms with E-state index in [1.54, 1.807) is 9.80 Å². The summed E-state index contributed by atoms with van der Waals surface area (Å²) in [6.45, 7) is 4.75. The van der Waals surface area contributed by atoms with Gasteiger partial charge in [0.15, 0.2) is 5.82 Å². The van der Waals surface area contributed by atoms with Crippen LogP contribution in [0.5, 0.6) is 0 Å². The van der Waals surface area contributed by atoms with E-state index in [0.29, 0.717) is 31.8 Å². The second kappa shape index (κ2) is 9.09. The number of hydrogen-bond donors (Lipinski definition) is 1. The van der Waals surface area contributed by atoms with Gasteiger partial charge in [-0.1, -0.05) is 18.7 Å². The van der Waals surface area contributed by atoms with Crippen molar-refractivity contribution >= 4 is 33.4 Å². The first kappa shape index (κ1) is 23.8. The van der Waals surface area contributed by atoms with Gasteiger partial charge in [0.2, 0.25) is 5.91 Å². The minimum absolute atomic E-state index is 0.000370. The van der Waals surface area contributed by atoms with Crippen LogP contribution in [0.3, 0.4) is 0 Å². The summed E-state index contributed by atoms with van der Waals surface area (Å²) >= 11 is 3.02. The van der Waals surface area contributed by atoms with Crippen LogP contribution in [0.4, 0.5) is 10.1 Å². The Labute approximate surface area is 222 Å². The monoisotopic (exact) mass is 564 g/mol. The second-order valence-electron chi connectivity index (χ2n) is 9.78. The zero-order chi connectivity index (χ0) is 25.8. The van der Waals surface area contributed by atoms with Gasteiger partial charge in [-0.25, -0.2) is 14.1 Å². The van der Waals surface area contributed by atoms with Crippen LogP contribution >= 0.6 is 15.9 Å². The number of nitrogens with two attached hydrogens (primary N) is 1. The van der Waals surface area contributed by atoms with Gasteiger partial charge in [0.1, 0.15) is 4.60 Å². The lowest BCUT2D eigenvalue weighted by Gasteiger charge is -2.38. The molecule has 190 valence electrons. The number of nitrogens with zero attached hydrogens (tertiary/aromatic N) is 5. The van der Waals surface area contributed by atoms with Gasteiger partial charge in [-0.15, -0.1) is 0 Å². The van der Waals surface area contributed by atoms with Crippen molar-refractivity contribution in [3.05, 3.63) is 81.6 Å². The highest BCUT2D eigenvalue weighted by Crippen LogP contribution is 2.41. The second-order valence-corrected chi connectivity index (χ2v) is 10.5. The Balaban J connectivity index is 1.42. The summed E-state index contributed by atoms with van der Waals surface area (Å²) in [7, 11) is 0. The number of carbonyl (C=O) groups is 2. The standard InChI is InChI=1S/C27H26BrFN6O2/c1-2-22(36)33-11-9-19-23-20(35(32-19)17-7-5-16(6-8-17)15-3-4-15)10-12-34(21(23)14-33)27(37)18-13-31-26(28)24(29)25(18)30/h2,5-8,13,15,21H,1,3-4,9-12,14H2,(H2,30,31). The maximum Gasteiger partial charge on any atom is 0.258 e. The number of aromatic nitrogens is 3. The molecule has 10 heteroatoms. The molecule has 2 aromatic heterocycles. The van der Waals surface area contributed by atoms with Crippen LogP contribution in [-0.4, -0.2) is 56.0 Å². The van der Waals surface area contributed by atoms with Crippen LogP contribution < -0.4 is 5.73 Å². The van der Waals surface area contributed by atoms with E-state index in [4.69, 9.17) is 10.8 Å². The van der Waals surface area contributed by atoms with E-state index in [0.717, 1.165) is 22.6 Å². The third-order valence-electron chi connectivity index (χ3n) is 7.59. The zero-order valence-electron chi connectivity index (χ0n) is 20.2. The van der Waals surface area contributed by atoms with Crippen LogP contribution in [0, 0.1) is 5.82 Å². The number of halogens is 2. The average molecular weight is 565 g/mol. The Hall–Kier alpha value is -3.53. The number of amides is 2. The molecule has 1 unspecified atom stereocenters. The van der Waals surface area contributed by atoms with Crippen LogP contribution in [0.25, 0.3) is 5.69 Å². The molecule has 3 aliphatic rings. The summed E-state index contributed by atoms with van der Waals surface area (Å²) in [5, 5.41) is 4.97. The summed E-state index contributed by atoms with van der Waals surface area (Å²) in [5.74, 6) is -0.725. The highest BCUT2D eigenvalue weighted by atomic mass is 79.9. The van der Waals surface area contributed by atoms with E-state index in [9.17, 15) is 14.0 Å². The van der Waals surface area contributed by atoms with Crippen molar-refractivity contribution < 1.29 is 14.0 Å². The Bertz CT molecular complexity index is 1430. The number of rotatable bonds is 4. The lowest BCUT2D eigenvalue weighted by molar-refractivity contribution is -0.126. The van der Waals surface area contributed by atoms with Gasteiger partial charge in [0.05, 0.1) is 34.4 Å². The molecule has 0 saturated heterocycles. The highest BCUT2D eigenvalue weighted by molar-refractivity contribution is 9.10. The maximum atomic E-state index is 14.5. The fourth-order valence-electron chi connectivity index (χ4n) is 5.49. The Morgan fingerprint density at radius 3 is 2.62 bits per heavy atom. The van der Waals surface area contributed by atoms with E-state index >= 15 is 0 Å². The molecule has 6 rings (SSSR count). The highest BCUT2D eigenvalue weighted by Gasteiger charge is 2.40. The molecular weight excluding hydrogens is 539 g/mol. The van der Waals surface area contributed by atoms with Crippen LogP contribution in [-0.2, 0) is 17.6 Å². The molecule has 8 nitrogen and oxygen atoms in total. The molecule has 1 fully saturated rings. The molecule has 37 heavy (non-hydrogen) atoms. The van der Waals surface area contributed by atoms with E-state index in [1.807, 2.05) is 4.68 Å². The fraction of sp³-hybridized carbons (Fsp3) is 0.333. The number of nitrogen functional groups attached to an aromatic ring is 1. The van der Waals surface area contributed by atoms with Gasteiger partial charge >= 0.3 is 0 Å². The van der Waals surface area contributed by atoms with Crippen molar-refractivity contribution in [1.82, 2.24) is 24.6 Å². The molecule has 0 bridgehead atoms. The topological polar surface area (TPSA) is 97.4 Å².